The van der Waals surface area contributed by atoms with Gasteiger partial charge in [-0.15, -0.1) is 0 Å². The zero-order chi connectivity index (χ0) is 16.9. The van der Waals surface area contributed by atoms with Crippen LogP contribution in [-0.4, -0.2) is 31.2 Å². The smallest absolute Gasteiger partial charge is 0.270 e. The predicted octanol–water partition coefficient (Wildman–Crippen LogP) is 1.90. The second kappa shape index (κ2) is 5.36. The van der Waals surface area contributed by atoms with Crippen molar-refractivity contribution in [2.24, 2.45) is 5.41 Å². The van der Waals surface area contributed by atoms with Crippen LogP contribution in [0.2, 0.25) is 0 Å². The molecule has 2 N–H and O–H groups in total. The molecule has 0 saturated heterocycles. The molecule has 2 aromatic rings. The number of nitrogens with one attached hydrogen (secondary N) is 1. The van der Waals surface area contributed by atoms with Crippen molar-refractivity contribution in [3.05, 3.63) is 26.6 Å². The van der Waals surface area contributed by atoms with Gasteiger partial charge in [-0.05, 0) is 34.2 Å². The minimum absolute atomic E-state index is 0.0948. The van der Waals surface area contributed by atoms with E-state index in [-0.39, 0.29) is 17.0 Å². The number of nitrogens with zero attached hydrogens (tertiary/aromatic N) is 3. The Morgan fingerprint density at radius 1 is 1.48 bits per heavy atom. The summed E-state index contributed by atoms with van der Waals surface area (Å²) in [5.41, 5.74) is -0.501. The van der Waals surface area contributed by atoms with Gasteiger partial charge in [0.2, 0.25) is 5.88 Å². The lowest BCUT2D eigenvalue weighted by atomic mass is 9.97. The second-order valence-corrected chi connectivity index (χ2v) is 7.95. The lowest BCUT2D eigenvalue weighted by molar-refractivity contribution is 0.0944. The first kappa shape index (κ1) is 16.0. The fourth-order valence-electron chi connectivity index (χ4n) is 2.44. The maximum atomic E-state index is 12.8. The largest absolute Gasteiger partial charge is 0.492 e. The first-order chi connectivity index (χ1) is 10.7. The molecule has 7 nitrogen and oxygen atoms in total. The molecule has 0 spiro atoms. The van der Waals surface area contributed by atoms with Gasteiger partial charge in [0.1, 0.15) is 10.3 Å². The lowest BCUT2D eigenvalue weighted by Crippen LogP contribution is -2.37. The fraction of sp³-hybridized carbons (Fsp3) is 0.533. The molecular weight excluding hydrogens is 364 g/mol. The van der Waals surface area contributed by atoms with Crippen LogP contribution in [0.3, 0.4) is 0 Å². The first-order valence-corrected chi connectivity index (χ1v) is 8.28. The van der Waals surface area contributed by atoms with E-state index in [4.69, 9.17) is 0 Å². The van der Waals surface area contributed by atoms with Crippen molar-refractivity contribution in [2.75, 3.05) is 0 Å². The van der Waals surface area contributed by atoms with E-state index in [1.165, 1.54) is 9.08 Å². The highest BCUT2D eigenvalue weighted by Crippen LogP contribution is 2.24. The molecule has 8 heteroatoms. The van der Waals surface area contributed by atoms with Crippen LogP contribution in [0.1, 0.15) is 44.0 Å². The van der Waals surface area contributed by atoms with Crippen LogP contribution in [-0.2, 0) is 6.54 Å². The molecule has 23 heavy (non-hydrogen) atoms. The normalized spacial score (nSPS) is 15.1. The molecule has 1 aliphatic carbocycles. The average molecular weight is 383 g/mol. The van der Waals surface area contributed by atoms with Gasteiger partial charge in [0.05, 0.1) is 0 Å². The summed E-state index contributed by atoms with van der Waals surface area (Å²) in [7, 11) is 0. The van der Waals surface area contributed by atoms with Crippen molar-refractivity contribution in [3.63, 3.8) is 0 Å². The summed E-state index contributed by atoms with van der Waals surface area (Å²) < 4.78 is 3.19. The molecule has 0 aromatic carbocycles. The molecule has 2 heterocycles. The molecule has 0 aliphatic heterocycles. The number of halogens is 1. The van der Waals surface area contributed by atoms with E-state index in [1.807, 2.05) is 20.8 Å². The van der Waals surface area contributed by atoms with E-state index in [9.17, 15) is 14.7 Å². The molecule has 3 rings (SSSR count). The number of rotatable bonds is 3. The van der Waals surface area contributed by atoms with Crippen molar-refractivity contribution in [1.82, 2.24) is 19.5 Å². The van der Waals surface area contributed by atoms with Gasteiger partial charge in [-0.25, -0.2) is 0 Å². The van der Waals surface area contributed by atoms with E-state index in [1.54, 1.807) is 6.07 Å². The Labute approximate surface area is 141 Å². The maximum Gasteiger partial charge on any atom is 0.270 e. The predicted molar refractivity (Wildman–Crippen MR) is 88.8 cm³/mol. The number of amides is 1. The highest BCUT2D eigenvalue weighted by Gasteiger charge is 2.30. The van der Waals surface area contributed by atoms with E-state index in [0.29, 0.717) is 16.8 Å². The maximum absolute atomic E-state index is 12.8. The molecule has 1 aliphatic rings. The lowest BCUT2D eigenvalue weighted by Gasteiger charge is -2.21. The monoisotopic (exact) mass is 382 g/mol. The quantitative estimate of drug-likeness (QED) is 0.848. The Balaban J connectivity index is 2.22. The molecule has 2 aromatic heterocycles. The highest BCUT2D eigenvalue weighted by molar-refractivity contribution is 9.10. The molecule has 0 bridgehead atoms. The van der Waals surface area contributed by atoms with Crippen molar-refractivity contribution in [1.29, 1.82) is 0 Å². The van der Waals surface area contributed by atoms with Crippen LogP contribution in [0.15, 0.2) is 15.5 Å². The molecule has 1 fully saturated rings. The van der Waals surface area contributed by atoms with Gasteiger partial charge >= 0.3 is 0 Å². The van der Waals surface area contributed by atoms with Gasteiger partial charge < -0.3 is 10.4 Å². The van der Waals surface area contributed by atoms with Crippen molar-refractivity contribution < 1.29 is 9.90 Å². The molecule has 1 saturated carbocycles. The highest BCUT2D eigenvalue weighted by atomic mass is 79.9. The standard InChI is InChI=1S/C15H19BrN4O3/c1-15(2,3)7-19-10-6-9(16)18-20(10)14(23)11(13(19)22)12(21)17-8-4-5-8/h6,8,23H,4-5,7H2,1-3H3,(H,17,21). The summed E-state index contributed by atoms with van der Waals surface area (Å²) in [6.45, 7) is 6.39. The zero-order valence-corrected chi connectivity index (χ0v) is 14.8. The van der Waals surface area contributed by atoms with E-state index >= 15 is 0 Å². The van der Waals surface area contributed by atoms with Crippen LogP contribution in [0.4, 0.5) is 0 Å². The number of fused-ring (bicyclic) bond motifs is 1. The summed E-state index contributed by atoms with van der Waals surface area (Å²) in [6.07, 6.45) is 1.80. The number of hydrogen-bond donors (Lipinski definition) is 2. The van der Waals surface area contributed by atoms with Gasteiger partial charge in [-0.2, -0.15) is 9.61 Å². The second-order valence-electron chi connectivity index (χ2n) is 7.14. The first-order valence-electron chi connectivity index (χ1n) is 7.49. The fourth-order valence-corrected chi connectivity index (χ4v) is 2.81. The Morgan fingerprint density at radius 2 is 2.13 bits per heavy atom. The number of aromatic hydroxyl groups is 1. The Hall–Kier alpha value is -1.83. The molecule has 0 unspecified atom stereocenters. The number of carbonyl (C=O) groups excluding carboxylic acids is 1. The van der Waals surface area contributed by atoms with E-state index in [2.05, 4.69) is 26.3 Å². The van der Waals surface area contributed by atoms with Crippen LogP contribution in [0.25, 0.3) is 5.65 Å². The Morgan fingerprint density at radius 3 is 2.70 bits per heavy atom. The summed E-state index contributed by atoms with van der Waals surface area (Å²) in [5.74, 6) is -0.981. The SMILES string of the molecule is CC(C)(C)Cn1c(=O)c(C(=O)NC2CC2)c(O)n2nc(Br)cc12. The minimum atomic E-state index is -0.550. The van der Waals surface area contributed by atoms with Crippen LogP contribution in [0, 0.1) is 5.41 Å². The number of hydrogen-bond acceptors (Lipinski definition) is 4. The summed E-state index contributed by atoms with van der Waals surface area (Å²) in [6, 6.07) is 1.74. The van der Waals surface area contributed by atoms with Gasteiger partial charge in [-0.3, -0.25) is 14.2 Å². The molecule has 0 radical (unpaired) electrons. The van der Waals surface area contributed by atoms with Crippen molar-refractivity contribution in [3.8, 4) is 5.88 Å². The average Bonchev–Trinajstić information content (AvgIpc) is 3.13. The minimum Gasteiger partial charge on any atom is -0.492 e. The molecule has 1 amide bonds. The Kier molecular flexibility index (Phi) is 3.74. The van der Waals surface area contributed by atoms with Crippen molar-refractivity contribution in [2.45, 2.75) is 46.2 Å². The van der Waals surface area contributed by atoms with Crippen LogP contribution < -0.4 is 10.9 Å². The third-order valence-corrected chi connectivity index (χ3v) is 3.98. The molecule has 124 valence electrons. The van der Waals surface area contributed by atoms with Crippen molar-refractivity contribution >= 4 is 27.5 Å². The molecular formula is C15H19BrN4O3. The number of aromatic nitrogens is 3. The zero-order valence-electron chi connectivity index (χ0n) is 13.3. The summed E-state index contributed by atoms with van der Waals surface area (Å²) in [5, 5.41) is 17.2. The third-order valence-electron chi connectivity index (χ3n) is 3.59. The van der Waals surface area contributed by atoms with E-state index < -0.39 is 17.3 Å². The van der Waals surface area contributed by atoms with E-state index in [0.717, 1.165) is 12.8 Å². The van der Waals surface area contributed by atoms with Crippen LogP contribution >= 0.6 is 15.9 Å². The topological polar surface area (TPSA) is 88.6 Å². The summed E-state index contributed by atoms with van der Waals surface area (Å²) in [4.78, 5) is 25.2. The van der Waals surface area contributed by atoms with Gasteiger partial charge in [0, 0.05) is 18.7 Å². The van der Waals surface area contributed by atoms with Gasteiger partial charge in [0.25, 0.3) is 11.5 Å². The van der Waals surface area contributed by atoms with Gasteiger partial charge in [-0.1, -0.05) is 20.8 Å². The number of carbonyl (C=O) groups is 1. The van der Waals surface area contributed by atoms with Gasteiger partial charge in [0.15, 0.2) is 5.56 Å². The third kappa shape index (κ3) is 3.12. The molecule has 0 atom stereocenters. The summed E-state index contributed by atoms with van der Waals surface area (Å²) >= 11 is 3.25. The van der Waals surface area contributed by atoms with Crippen LogP contribution in [0.5, 0.6) is 5.88 Å². The Bertz CT molecular complexity index is 843.